The molecular weight excluding hydrogens is 336 g/mol. The van der Waals surface area contributed by atoms with E-state index in [1.54, 1.807) is 25.3 Å². The van der Waals surface area contributed by atoms with Crippen molar-refractivity contribution in [1.82, 2.24) is 19.5 Å². The SMILES string of the molecule is CN(C)c1nc(=O)[nH]c2c1ncn2[C@H]1C=C[C@@H](COS(N)(=O)=O)C1. The number of hydrogen-bond donors (Lipinski definition) is 2. The molecule has 2 aromatic heterocycles. The van der Waals surface area contributed by atoms with E-state index >= 15 is 0 Å². The molecule has 0 saturated carbocycles. The molecular formula is C13H18N6O4S. The molecule has 0 amide bonds. The number of H-pyrrole nitrogens is 1. The molecule has 2 aromatic rings. The highest BCUT2D eigenvalue weighted by atomic mass is 32.2. The van der Waals surface area contributed by atoms with Gasteiger partial charge in [0.15, 0.2) is 5.82 Å². The molecule has 11 heteroatoms. The summed E-state index contributed by atoms with van der Waals surface area (Å²) < 4.78 is 28.2. The quantitative estimate of drug-likeness (QED) is 0.692. The van der Waals surface area contributed by atoms with E-state index in [4.69, 9.17) is 5.14 Å². The van der Waals surface area contributed by atoms with E-state index < -0.39 is 16.0 Å². The molecule has 0 fully saturated rings. The van der Waals surface area contributed by atoms with Crippen LogP contribution in [0.5, 0.6) is 0 Å². The molecule has 0 aromatic carbocycles. The predicted molar refractivity (Wildman–Crippen MR) is 87.8 cm³/mol. The Labute approximate surface area is 138 Å². The average molecular weight is 354 g/mol. The summed E-state index contributed by atoms with van der Waals surface area (Å²) >= 11 is 0. The van der Waals surface area contributed by atoms with E-state index in [1.807, 2.05) is 16.7 Å². The number of fused-ring (bicyclic) bond motifs is 1. The highest BCUT2D eigenvalue weighted by Crippen LogP contribution is 2.31. The van der Waals surface area contributed by atoms with E-state index in [1.165, 1.54) is 0 Å². The molecule has 0 saturated heterocycles. The van der Waals surface area contributed by atoms with Gasteiger partial charge in [-0.2, -0.15) is 13.4 Å². The summed E-state index contributed by atoms with van der Waals surface area (Å²) in [5.74, 6) is 0.399. The number of hydrogen-bond acceptors (Lipinski definition) is 7. The first-order chi connectivity index (χ1) is 11.2. The number of nitrogens with one attached hydrogen (secondary N) is 1. The summed E-state index contributed by atoms with van der Waals surface area (Å²) in [5, 5.41) is 4.84. The van der Waals surface area contributed by atoms with Crippen molar-refractivity contribution in [1.29, 1.82) is 0 Å². The molecule has 3 rings (SSSR count). The van der Waals surface area contributed by atoms with E-state index in [2.05, 4.69) is 19.1 Å². The maximum absolute atomic E-state index is 11.8. The van der Waals surface area contributed by atoms with Gasteiger partial charge in [-0.15, -0.1) is 0 Å². The molecule has 2 heterocycles. The van der Waals surface area contributed by atoms with Crippen LogP contribution < -0.4 is 15.7 Å². The highest BCUT2D eigenvalue weighted by Gasteiger charge is 2.24. The monoisotopic (exact) mass is 354 g/mol. The Kier molecular flexibility index (Phi) is 4.15. The third kappa shape index (κ3) is 3.32. The van der Waals surface area contributed by atoms with Crippen LogP contribution in [0.4, 0.5) is 5.82 Å². The summed E-state index contributed by atoms with van der Waals surface area (Å²) in [4.78, 5) is 24.5. The van der Waals surface area contributed by atoms with Gasteiger partial charge < -0.3 is 9.47 Å². The van der Waals surface area contributed by atoms with Crippen LogP contribution in [-0.2, 0) is 14.5 Å². The topological polar surface area (TPSA) is 136 Å². The molecule has 1 aliphatic carbocycles. The van der Waals surface area contributed by atoms with E-state index in [9.17, 15) is 13.2 Å². The number of nitrogens with zero attached hydrogens (tertiary/aromatic N) is 4. The van der Waals surface area contributed by atoms with Crippen molar-refractivity contribution >= 4 is 27.3 Å². The van der Waals surface area contributed by atoms with Crippen molar-refractivity contribution in [3.8, 4) is 0 Å². The Hall–Kier alpha value is -2.24. The lowest BCUT2D eigenvalue weighted by atomic mass is 10.1. The molecule has 0 radical (unpaired) electrons. The summed E-state index contributed by atoms with van der Waals surface area (Å²) in [6.07, 6.45) is 6.04. The Bertz CT molecular complexity index is 945. The maximum Gasteiger partial charge on any atom is 0.348 e. The van der Waals surface area contributed by atoms with Gasteiger partial charge in [-0.25, -0.2) is 14.9 Å². The predicted octanol–water partition coefficient (Wildman–Crippen LogP) is -0.477. The Balaban J connectivity index is 1.87. The lowest BCUT2D eigenvalue weighted by molar-refractivity contribution is 0.271. The number of imidazole rings is 1. The van der Waals surface area contributed by atoms with Crippen molar-refractivity contribution < 1.29 is 12.6 Å². The fraction of sp³-hybridized carbons (Fsp3) is 0.462. The number of rotatable bonds is 5. The van der Waals surface area contributed by atoms with Gasteiger partial charge in [0.1, 0.15) is 11.2 Å². The first-order valence-corrected chi connectivity index (χ1v) is 8.71. The fourth-order valence-electron chi connectivity index (χ4n) is 2.75. The van der Waals surface area contributed by atoms with Crippen LogP contribution in [0.2, 0.25) is 0 Å². The van der Waals surface area contributed by atoms with Gasteiger partial charge in [-0.3, -0.25) is 9.17 Å². The minimum absolute atomic E-state index is 0.0144. The number of allylic oxidation sites excluding steroid dienone is 1. The second-order valence-corrected chi connectivity index (χ2v) is 7.06. The fourth-order valence-corrected chi connectivity index (χ4v) is 3.12. The van der Waals surface area contributed by atoms with E-state index in [0.717, 1.165) is 0 Å². The molecule has 1 aliphatic rings. The van der Waals surface area contributed by atoms with Gasteiger partial charge in [0.2, 0.25) is 0 Å². The van der Waals surface area contributed by atoms with Gasteiger partial charge in [-0.05, 0) is 6.42 Å². The largest absolute Gasteiger partial charge is 0.361 e. The van der Waals surface area contributed by atoms with Crippen LogP contribution in [0.3, 0.4) is 0 Å². The van der Waals surface area contributed by atoms with Crippen LogP contribution in [0.15, 0.2) is 23.3 Å². The van der Waals surface area contributed by atoms with E-state index in [-0.39, 0.29) is 18.6 Å². The Morgan fingerprint density at radius 1 is 1.46 bits per heavy atom. The van der Waals surface area contributed by atoms with Crippen LogP contribution in [-0.4, -0.2) is 48.6 Å². The highest BCUT2D eigenvalue weighted by molar-refractivity contribution is 7.84. The lowest BCUT2D eigenvalue weighted by Crippen LogP contribution is -2.21. The minimum Gasteiger partial charge on any atom is -0.361 e. The van der Waals surface area contributed by atoms with Crippen LogP contribution >= 0.6 is 0 Å². The van der Waals surface area contributed by atoms with Gasteiger partial charge >= 0.3 is 16.0 Å². The van der Waals surface area contributed by atoms with Gasteiger partial charge in [0, 0.05) is 20.0 Å². The first-order valence-electron chi connectivity index (χ1n) is 7.24. The van der Waals surface area contributed by atoms with Crippen molar-refractivity contribution in [2.45, 2.75) is 12.5 Å². The van der Waals surface area contributed by atoms with Gasteiger partial charge in [0.05, 0.1) is 19.0 Å². The number of anilines is 1. The molecule has 0 bridgehead atoms. The van der Waals surface area contributed by atoms with Gasteiger partial charge in [-0.1, -0.05) is 12.2 Å². The van der Waals surface area contributed by atoms with Gasteiger partial charge in [0.25, 0.3) is 0 Å². The van der Waals surface area contributed by atoms with Crippen LogP contribution in [0, 0.1) is 5.92 Å². The standard InChI is InChI=1S/C13H18N6O4S/c1-18(2)11-10-12(17-13(20)16-11)19(7-15-10)9-4-3-8(5-9)6-23-24(14,21)22/h3-4,7-9H,5-6H2,1-2H3,(H2,14,21,22)(H,16,17,20)/t8-,9+/m1/s1. The molecule has 130 valence electrons. The summed E-state index contributed by atoms with van der Waals surface area (Å²) in [5.41, 5.74) is 0.711. The summed E-state index contributed by atoms with van der Waals surface area (Å²) in [6, 6.07) is -0.0721. The summed E-state index contributed by atoms with van der Waals surface area (Å²) in [6.45, 7) is -0.0144. The van der Waals surface area contributed by atoms with Crippen LogP contribution in [0.25, 0.3) is 11.2 Å². The van der Waals surface area contributed by atoms with Crippen molar-refractivity contribution in [3.63, 3.8) is 0 Å². The second-order valence-electron chi connectivity index (χ2n) is 5.83. The van der Waals surface area contributed by atoms with Crippen molar-refractivity contribution in [2.24, 2.45) is 11.1 Å². The Morgan fingerprint density at radius 3 is 2.88 bits per heavy atom. The molecule has 24 heavy (non-hydrogen) atoms. The van der Waals surface area contributed by atoms with Crippen LogP contribution in [0.1, 0.15) is 12.5 Å². The number of aromatic amines is 1. The van der Waals surface area contributed by atoms with E-state index in [0.29, 0.717) is 23.4 Å². The second kappa shape index (κ2) is 6.00. The third-order valence-corrected chi connectivity index (χ3v) is 4.28. The van der Waals surface area contributed by atoms with Crippen molar-refractivity contribution in [3.05, 3.63) is 29.0 Å². The zero-order chi connectivity index (χ0) is 17.5. The third-order valence-electron chi connectivity index (χ3n) is 3.82. The zero-order valence-electron chi connectivity index (χ0n) is 13.2. The van der Waals surface area contributed by atoms with Crippen molar-refractivity contribution in [2.75, 3.05) is 25.6 Å². The maximum atomic E-state index is 11.8. The zero-order valence-corrected chi connectivity index (χ0v) is 14.0. The molecule has 0 aliphatic heterocycles. The first kappa shape index (κ1) is 16.6. The lowest BCUT2D eigenvalue weighted by Gasteiger charge is -2.15. The molecule has 0 unspecified atom stereocenters. The Morgan fingerprint density at radius 2 is 2.21 bits per heavy atom. The molecule has 10 nitrogen and oxygen atoms in total. The molecule has 0 spiro atoms. The smallest absolute Gasteiger partial charge is 0.348 e. The minimum atomic E-state index is -3.95. The molecule has 3 N–H and O–H groups in total. The average Bonchev–Trinajstić information content (AvgIpc) is 3.09. The number of nitrogens with two attached hydrogens (primary N) is 1. The number of aromatic nitrogens is 4. The molecule has 2 atom stereocenters. The normalized spacial score (nSPS) is 20.8. The summed E-state index contributed by atoms with van der Waals surface area (Å²) in [7, 11) is -0.377.